The molecule has 0 radical (unpaired) electrons. The molecule has 0 bridgehead atoms. The Labute approximate surface area is 120 Å². The molecule has 0 aliphatic carbocycles. The lowest BCUT2D eigenvalue weighted by Gasteiger charge is -2.12. The van der Waals surface area contributed by atoms with E-state index in [-0.39, 0.29) is 0 Å². The van der Waals surface area contributed by atoms with Crippen LogP contribution >= 0.6 is 23.6 Å². The van der Waals surface area contributed by atoms with E-state index in [0.29, 0.717) is 14.6 Å². The summed E-state index contributed by atoms with van der Waals surface area (Å²) < 4.78 is 6.98. The highest BCUT2D eigenvalue weighted by Crippen LogP contribution is 2.30. The number of hydrogen-bond donors (Lipinski definition) is 1. The fourth-order valence-corrected chi connectivity index (χ4v) is 3.25. The lowest BCUT2D eigenvalue weighted by molar-refractivity contribution is 0.0607. The van der Waals surface area contributed by atoms with Crippen LogP contribution in [0.4, 0.5) is 5.82 Å². The maximum absolute atomic E-state index is 11.6. The number of carbonyl (C=O) groups excluding carboxylic acids is 1. The maximum Gasteiger partial charge on any atom is 0.351 e. The van der Waals surface area contributed by atoms with Crippen LogP contribution in [-0.2, 0) is 4.74 Å². The molecule has 1 aromatic carbocycles. The highest BCUT2D eigenvalue weighted by Gasteiger charge is 2.20. The lowest BCUT2D eigenvalue weighted by atomic mass is 10.1. The van der Waals surface area contributed by atoms with Gasteiger partial charge < -0.3 is 10.5 Å². The molecule has 2 aromatic rings. The Hall–Kier alpha value is -1.66. The molecule has 4 nitrogen and oxygen atoms in total. The van der Waals surface area contributed by atoms with Crippen LogP contribution in [-0.4, -0.2) is 17.6 Å². The molecule has 0 amide bonds. The van der Waals surface area contributed by atoms with E-state index < -0.39 is 5.97 Å². The molecule has 0 saturated carbocycles. The summed E-state index contributed by atoms with van der Waals surface area (Å²) in [5.74, 6) is -0.127. The normalized spacial score (nSPS) is 10.5. The van der Waals surface area contributed by atoms with Gasteiger partial charge in [-0.2, -0.15) is 0 Å². The average Bonchev–Trinajstić information content (AvgIpc) is 2.65. The first-order chi connectivity index (χ1) is 8.97. The van der Waals surface area contributed by atoms with Crippen molar-refractivity contribution in [1.82, 2.24) is 4.57 Å². The van der Waals surface area contributed by atoms with Crippen LogP contribution in [0.2, 0.25) is 0 Å². The zero-order valence-electron chi connectivity index (χ0n) is 10.9. The minimum atomic E-state index is -0.460. The zero-order valence-corrected chi connectivity index (χ0v) is 12.5. The van der Waals surface area contributed by atoms with Crippen LogP contribution in [0, 0.1) is 17.8 Å². The minimum absolute atomic E-state index is 0.333. The number of anilines is 1. The molecule has 1 aromatic heterocycles. The number of esters is 1. The number of rotatable bonds is 2. The zero-order chi connectivity index (χ0) is 14.2. The monoisotopic (exact) mass is 294 g/mol. The van der Waals surface area contributed by atoms with Gasteiger partial charge in [0.1, 0.15) is 5.82 Å². The molecule has 0 aliphatic rings. The van der Waals surface area contributed by atoms with E-state index in [1.165, 1.54) is 7.11 Å². The van der Waals surface area contributed by atoms with Crippen LogP contribution in [0.5, 0.6) is 0 Å². The van der Waals surface area contributed by atoms with Crippen molar-refractivity contribution in [1.29, 1.82) is 0 Å². The van der Waals surface area contributed by atoms with Gasteiger partial charge in [0, 0.05) is 0 Å². The Kier molecular flexibility index (Phi) is 3.73. The molecule has 2 rings (SSSR count). The van der Waals surface area contributed by atoms with Gasteiger partial charge in [-0.3, -0.25) is 4.57 Å². The largest absolute Gasteiger partial charge is 0.465 e. The van der Waals surface area contributed by atoms with E-state index in [1.807, 2.05) is 32.0 Å². The van der Waals surface area contributed by atoms with E-state index in [0.717, 1.165) is 28.2 Å². The molecular weight excluding hydrogens is 280 g/mol. The highest BCUT2D eigenvalue weighted by molar-refractivity contribution is 7.73. The molecule has 0 aliphatic heterocycles. The summed E-state index contributed by atoms with van der Waals surface area (Å²) in [6.45, 7) is 3.97. The molecule has 2 N–H and O–H groups in total. The molecule has 0 saturated heterocycles. The Bertz CT molecular complexity index is 681. The van der Waals surface area contributed by atoms with E-state index in [9.17, 15) is 4.79 Å². The number of nitrogens with zero attached hydrogens (tertiary/aromatic N) is 1. The van der Waals surface area contributed by atoms with Crippen LogP contribution in [0.3, 0.4) is 0 Å². The Morgan fingerprint density at radius 1 is 1.37 bits per heavy atom. The molecule has 100 valence electrons. The highest BCUT2D eigenvalue weighted by atomic mass is 32.1. The van der Waals surface area contributed by atoms with E-state index in [1.54, 1.807) is 4.57 Å². The van der Waals surface area contributed by atoms with Gasteiger partial charge in [0.15, 0.2) is 8.83 Å². The third-order valence-electron chi connectivity index (χ3n) is 2.88. The second-order valence-electron chi connectivity index (χ2n) is 4.15. The number of aromatic nitrogens is 1. The average molecular weight is 294 g/mol. The van der Waals surface area contributed by atoms with Crippen LogP contribution < -0.4 is 5.73 Å². The van der Waals surface area contributed by atoms with Crippen molar-refractivity contribution < 1.29 is 9.53 Å². The van der Waals surface area contributed by atoms with E-state index >= 15 is 0 Å². The smallest absolute Gasteiger partial charge is 0.351 e. The fourth-order valence-electron chi connectivity index (χ4n) is 1.99. The van der Waals surface area contributed by atoms with Crippen molar-refractivity contribution in [3.8, 4) is 5.69 Å². The Morgan fingerprint density at radius 3 is 2.47 bits per heavy atom. The first kappa shape index (κ1) is 13.8. The molecule has 19 heavy (non-hydrogen) atoms. The third-order valence-corrected chi connectivity index (χ3v) is 4.25. The van der Waals surface area contributed by atoms with E-state index in [2.05, 4.69) is 0 Å². The van der Waals surface area contributed by atoms with E-state index in [4.69, 9.17) is 22.7 Å². The number of hydrogen-bond acceptors (Lipinski definition) is 5. The second-order valence-corrected chi connectivity index (χ2v) is 5.79. The van der Waals surface area contributed by atoms with Crippen LogP contribution in [0.15, 0.2) is 18.2 Å². The summed E-state index contributed by atoms with van der Waals surface area (Å²) in [6.07, 6.45) is 0. The molecule has 1 heterocycles. The van der Waals surface area contributed by atoms with Gasteiger partial charge in [-0.15, -0.1) is 0 Å². The molecule has 0 unspecified atom stereocenters. The predicted molar refractivity (Wildman–Crippen MR) is 79.7 cm³/mol. The number of methoxy groups -OCH3 is 1. The van der Waals surface area contributed by atoms with Crippen molar-refractivity contribution >= 4 is 35.3 Å². The SMILES string of the molecule is COC(=O)c1sc(=S)n(-c2c(C)cccc2C)c1N. The minimum Gasteiger partial charge on any atom is -0.465 e. The number of benzene rings is 1. The molecule has 0 atom stereocenters. The number of carbonyl (C=O) groups is 1. The van der Waals surface area contributed by atoms with Gasteiger partial charge in [0.25, 0.3) is 0 Å². The number of ether oxygens (including phenoxy) is 1. The van der Waals surface area contributed by atoms with Gasteiger partial charge >= 0.3 is 5.97 Å². The van der Waals surface area contributed by atoms with Crippen LogP contribution in [0.25, 0.3) is 5.69 Å². The number of para-hydroxylation sites is 1. The summed E-state index contributed by atoms with van der Waals surface area (Å²) in [7, 11) is 1.33. The van der Waals surface area contributed by atoms with Crippen molar-refractivity contribution in [2.24, 2.45) is 0 Å². The number of nitrogen functional groups attached to an aromatic ring is 1. The number of thiazole rings is 1. The quantitative estimate of drug-likeness (QED) is 0.682. The van der Waals surface area contributed by atoms with Gasteiger partial charge in [-0.1, -0.05) is 29.5 Å². The number of aryl methyl sites for hydroxylation is 2. The summed E-state index contributed by atoms with van der Waals surface area (Å²) in [5, 5.41) is 0. The van der Waals surface area contributed by atoms with Gasteiger partial charge in [-0.25, -0.2) is 4.79 Å². The van der Waals surface area contributed by atoms with Crippen molar-refractivity contribution in [2.45, 2.75) is 13.8 Å². The maximum atomic E-state index is 11.6. The first-order valence-corrected chi connectivity index (χ1v) is 6.86. The topological polar surface area (TPSA) is 57.2 Å². The first-order valence-electron chi connectivity index (χ1n) is 5.63. The summed E-state index contributed by atoms with van der Waals surface area (Å²) in [5.41, 5.74) is 9.09. The third kappa shape index (κ3) is 2.29. The Balaban J connectivity index is 2.74. The van der Waals surface area contributed by atoms with Gasteiger partial charge in [0.05, 0.1) is 12.8 Å². The van der Waals surface area contributed by atoms with Gasteiger partial charge in [0.2, 0.25) is 0 Å². The molecule has 0 spiro atoms. The van der Waals surface area contributed by atoms with Crippen molar-refractivity contribution in [3.63, 3.8) is 0 Å². The molecular formula is C13H14N2O2S2. The van der Waals surface area contributed by atoms with Crippen molar-refractivity contribution in [3.05, 3.63) is 38.2 Å². The summed E-state index contributed by atoms with van der Waals surface area (Å²) >= 11 is 6.49. The Morgan fingerprint density at radius 2 is 1.95 bits per heavy atom. The fraction of sp³-hybridized carbons (Fsp3) is 0.231. The molecule has 0 fully saturated rings. The van der Waals surface area contributed by atoms with Crippen LogP contribution in [0.1, 0.15) is 20.8 Å². The number of nitrogens with two attached hydrogens (primary N) is 1. The summed E-state index contributed by atoms with van der Waals surface area (Å²) in [4.78, 5) is 12.0. The summed E-state index contributed by atoms with van der Waals surface area (Å²) in [6, 6.07) is 5.94. The predicted octanol–water partition coefficient (Wildman–Crippen LogP) is 3.25. The lowest BCUT2D eigenvalue weighted by Crippen LogP contribution is -2.08. The van der Waals surface area contributed by atoms with Crippen molar-refractivity contribution in [2.75, 3.05) is 12.8 Å². The molecule has 6 heteroatoms. The second kappa shape index (κ2) is 5.14. The van der Waals surface area contributed by atoms with Gasteiger partial charge in [-0.05, 0) is 37.2 Å². The standard InChI is InChI=1S/C13H14N2O2S2/c1-7-5-4-6-8(2)9(7)15-11(14)10(12(16)17-3)19-13(15)18/h4-6H,14H2,1-3H3.